The van der Waals surface area contributed by atoms with E-state index in [0.29, 0.717) is 11.3 Å². The Labute approximate surface area is 150 Å². The molecule has 0 saturated carbocycles. The fraction of sp³-hybridized carbons (Fsp3) is 0. The van der Waals surface area contributed by atoms with Crippen molar-refractivity contribution in [2.45, 2.75) is 0 Å². The Morgan fingerprint density at radius 2 is 2.08 bits per heavy atom. The highest BCUT2D eigenvalue weighted by molar-refractivity contribution is 7.13. The number of carbonyl (C=O) groups excluding carboxylic acids is 1. The van der Waals surface area contributed by atoms with E-state index in [2.05, 4.69) is 20.5 Å². The van der Waals surface area contributed by atoms with Crippen LogP contribution in [0.1, 0.15) is 16.1 Å². The molecule has 0 unspecified atom stereocenters. The van der Waals surface area contributed by atoms with Crippen LogP contribution in [0.25, 0.3) is 10.6 Å². The monoisotopic (exact) mass is 369 g/mol. The first-order chi connectivity index (χ1) is 12.5. The largest absolute Gasteiger partial charge is 0.346 e. The van der Waals surface area contributed by atoms with Gasteiger partial charge < -0.3 is 4.98 Å². The van der Waals surface area contributed by atoms with E-state index in [1.807, 2.05) is 17.5 Å². The number of thiophene rings is 1. The molecule has 0 spiro atoms. The van der Waals surface area contributed by atoms with E-state index in [4.69, 9.17) is 0 Å². The van der Waals surface area contributed by atoms with Gasteiger partial charge in [-0.2, -0.15) is 10.1 Å². The molecule has 0 bridgehead atoms. The van der Waals surface area contributed by atoms with E-state index in [1.54, 1.807) is 0 Å². The third-order valence-corrected chi connectivity index (χ3v) is 4.15. The first kappa shape index (κ1) is 17.2. The minimum absolute atomic E-state index is 0.0417. The second-order valence-electron chi connectivity index (χ2n) is 5.01. The second-order valence-corrected chi connectivity index (χ2v) is 5.96. The van der Waals surface area contributed by atoms with Crippen molar-refractivity contribution in [3.63, 3.8) is 0 Å². The number of hydrogen-bond acceptors (Lipinski definition) is 7. The highest BCUT2D eigenvalue weighted by Gasteiger charge is 2.11. The van der Waals surface area contributed by atoms with Gasteiger partial charge in [0.15, 0.2) is 0 Å². The molecule has 2 N–H and O–H groups in total. The summed E-state index contributed by atoms with van der Waals surface area (Å²) in [5.41, 5.74) is 2.57. The molecule has 0 aliphatic heterocycles. The number of hydrazone groups is 1. The summed E-state index contributed by atoms with van der Waals surface area (Å²) in [6.07, 6.45) is 1.33. The molecule has 10 heteroatoms. The van der Waals surface area contributed by atoms with Crippen molar-refractivity contribution in [2.75, 3.05) is 0 Å². The van der Waals surface area contributed by atoms with Gasteiger partial charge in [-0.1, -0.05) is 6.07 Å². The number of nitrogens with one attached hydrogen (secondary N) is 2. The number of carbonyl (C=O) groups is 1. The zero-order valence-corrected chi connectivity index (χ0v) is 13.9. The van der Waals surface area contributed by atoms with Crippen LogP contribution in [-0.4, -0.2) is 27.0 Å². The molecule has 2 aromatic heterocycles. The fourth-order valence-electron chi connectivity index (χ4n) is 2.04. The summed E-state index contributed by atoms with van der Waals surface area (Å²) >= 11 is 1.42. The van der Waals surface area contributed by atoms with Crippen LogP contribution < -0.4 is 11.1 Å². The van der Waals surface area contributed by atoms with Gasteiger partial charge in [0.25, 0.3) is 11.6 Å². The predicted molar refractivity (Wildman–Crippen MR) is 96.3 cm³/mol. The highest BCUT2D eigenvalue weighted by Crippen LogP contribution is 2.21. The van der Waals surface area contributed by atoms with E-state index in [1.165, 1.54) is 47.9 Å². The lowest BCUT2D eigenvalue weighted by atomic mass is 10.2. The van der Waals surface area contributed by atoms with Crippen molar-refractivity contribution in [1.82, 2.24) is 15.4 Å². The zero-order chi connectivity index (χ0) is 18.5. The molecule has 9 nitrogen and oxygen atoms in total. The second kappa shape index (κ2) is 7.49. The molecule has 1 aromatic carbocycles. The van der Waals surface area contributed by atoms with Gasteiger partial charge in [-0.25, -0.2) is 10.2 Å². The molecule has 0 radical (unpaired) electrons. The van der Waals surface area contributed by atoms with Crippen molar-refractivity contribution in [2.24, 2.45) is 5.10 Å². The first-order valence-corrected chi connectivity index (χ1v) is 8.14. The molecular formula is C16H11N5O4S. The molecular weight excluding hydrogens is 358 g/mol. The van der Waals surface area contributed by atoms with Gasteiger partial charge in [0.2, 0.25) is 0 Å². The predicted octanol–water partition coefficient (Wildman–Crippen LogP) is 2.17. The number of H-pyrrole nitrogens is 1. The Kier molecular flexibility index (Phi) is 4.94. The molecule has 3 aromatic rings. The van der Waals surface area contributed by atoms with Crippen LogP contribution in [0.4, 0.5) is 5.69 Å². The quantitative estimate of drug-likeness (QED) is 0.404. The van der Waals surface area contributed by atoms with E-state index in [0.717, 1.165) is 4.88 Å². The summed E-state index contributed by atoms with van der Waals surface area (Å²) in [5, 5.41) is 16.2. The summed E-state index contributed by atoms with van der Waals surface area (Å²) in [6, 6.07) is 10.7. The van der Waals surface area contributed by atoms with Gasteiger partial charge in [0.05, 0.1) is 21.7 Å². The number of rotatable bonds is 5. The van der Waals surface area contributed by atoms with Crippen molar-refractivity contribution in [1.29, 1.82) is 0 Å². The lowest BCUT2D eigenvalue weighted by Gasteiger charge is -2.01. The van der Waals surface area contributed by atoms with Crippen LogP contribution >= 0.6 is 11.3 Å². The standard InChI is InChI=1S/C16H11N5O4S/c22-15(20-17-9-10-3-5-11(6-4-10)21(24)25)13-8-12(18-16(23)19-13)14-2-1-7-26-14/h1-9H,(H,20,22)(H,18,19,23)/b17-9+. The van der Waals surface area contributed by atoms with Gasteiger partial charge >= 0.3 is 5.69 Å². The molecule has 0 fully saturated rings. The van der Waals surface area contributed by atoms with Gasteiger partial charge in [-0.05, 0) is 35.2 Å². The number of aromatic amines is 1. The Hall–Kier alpha value is -3.66. The van der Waals surface area contributed by atoms with Crippen molar-refractivity contribution >= 4 is 29.1 Å². The van der Waals surface area contributed by atoms with Crippen LogP contribution in [0, 0.1) is 10.1 Å². The van der Waals surface area contributed by atoms with Crippen LogP contribution in [0.15, 0.2) is 57.7 Å². The molecule has 1 amide bonds. The fourth-order valence-corrected chi connectivity index (χ4v) is 2.74. The molecule has 0 aliphatic carbocycles. The van der Waals surface area contributed by atoms with Crippen LogP contribution in [0.5, 0.6) is 0 Å². The molecule has 0 atom stereocenters. The highest BCUT2D eigenvalue weighted by atomic mass is 32.1. The lowest BCUT2D eigenvalue weighted by molar-refractivity contribution is -0.384. The van der Waals surface area contributed by atoms with Crippen molar-refractivity contribution in [3.8, 4) is 10.6 Å². The maximum atomic E-state index is 12.1. The average Bonchev–Trinajstić information content (AvgIpc) is 3.16. The van der Waals surface area contributed by atoms with E-state index in [-0.39, 0.29) is 11.4 Å². The summed E-state index contributed by atoms with van der Waals surface area (Å²) in [5.74, 6) is -0.646. The van der Waals surface area contributed by atoms with Gasteiger partial charge in [-0.3, -0.25) is 14.9 Å². The maximum Gasteiger partial charge on any atom is 0.346 e. The smallest absolute Gasteiger partial charge is 0.305 e. The van der Waals surface area contributed by atoms with Gasteiger partial charge in [0.1, 0.15) is 5.69 Å². The van der Waals surface area contributed by atoms with Crippen molar-refractivity contribution in [3.05, 3.63) is 79.7 Å². The number of amides is 1. The zero-order valence-electron chi connectivity index (χ0n) is 13.1. The lowest BCUT2D eigenvalue weighted by Crippen LogP contribution is -2.24. The summed E-state index contributed by atoms with van der Waals surface area (Å²) in [4.78, 5) is 40.9. The number of benzene rings is 1. The normalized spacial score (nSPS) is 10.8. The number of nitro groups is 1. The average molecular weight is 369 g/mol. The van der Waals surface area contributed by atoms with Crippen molar-refractivity contribution < 1.29 is 9.72 Å². The number of hydrogen-bond donors (Lipinski definition) is 2. The molecule has 0 aliphatic rings. The molecule has 3 rings (SSSR count). The summed E-state index contributed by atoms with van der Waals surface area (Å²) < 4.78 is 0. The number of aromatic nitrogens is 2. The van der Waals surface area contributed by atoms with Gasteiger partial charge in [-0.15, -0.1) is 11.3 Å². The van der Waals surface area contributed by atoms with E-state index >= 15 is 0 Å². The van der Waals surface area contributed by atoms with Crippen LogP contribution in [0.2, 0.25) is 0 Å². The summed E-state index contributed by atoms with van der Waals surface area (Å²) in [6.45, 7) is 0. The van der Waals surface area contributed by atoms with Crippen LogP contribution in [-0.2, 0) is 0 Å². The molecule has 2 heterocycles. The Balaban J connectivity index is 1.72. The molecule has 130 valence electrons. The van der Waals surface area contributed by atoms with E-state index < -0.39 is 16.5 Å². The maximum absolute atomic E-state index is 12.1. The minimum atomic E-state index is -0.646. The topological polar surface area (TPSA) is 130 Å². The SMILES string of the molecule is O=C(N/N=C/c1ccc([N+](=O)[O-])cc1)c1cc(-c2cccs2)[nH]c(=O)n1. The van der Waals surface area contributed by atoms with E-state index in [9.17, 15) is 19.7 Å². The summed E-state index contributed by atoms with van der Waals surface area (Å²) in [7, 11) is 0. The van der Waals surface area contributed by atoms with Crippen LogP contribution in [0.3, 0.4) is 0 Å². The minimum Gasteiger partial charge on any atom is -0.305 e. The number of nitrogens with zero attached hydrogens (tertiary/aromatic N) is 3. The van der Waals surface area contributed by atoms with Gasteiger partial charge in [0, 0.05) is 12.1 Å². The molecule has 26 heavy (non-hydrogen) atoms. The number of nitro benzene ring substituents is 1. The Morgan fingerprint density at radius 1 is 1.31 bits per heavy atom. The number of non-ortho nitro benzene ring substituents is 1. The third-order valence-electron chi connectivity index (χ3n) is 3.25. The Bertz CT molecular complexity index is 1030. The first-order valence-electron chi connectivity index (χ1n) is 7.26. The molecule has 0 saturated heterocycles. The Morgan fingerprint density at radius 3 is 2.73 bits per heavy atom. The third kappa shape index (κ3) is 4.05.